The zero-order chi connectivity index (χ0) is 20.1. The molecule has 27 heavy (non-hydrogen) atoms. The molecule has 0 aromatic heterocycles. The number of carbonyl (C=O) groups excluding carboxylic acids is 2. The van der Waals surface area contributed by atoms with Crippen LogP contribution in [0.1, 0.15) is 40.5 Å². The van der Waals surface area contributed by atoms with Crippen LogP contribution >= 0.6 is 0 Å². The zero-order valence-corrected chi connectivity index (χ0v) is 16.5. The van der Waals surface area contributed by atoms with Gasteiger partial charge in [-0.05, 0) is 25.5 Å². The van der Waals surface area contributed by atoms with E-state index in [0.29, 0.717) is 12.0 Å². The van der Waals surface area contributed by atoms with Crippen molar-refractivity contribution < 1.29 is 33.6 Å². The van der Waals surface area contributed by atoms with Crippen LogP contribution in [0.15, 0.2) is 23.8 Å². The third-order valence-electron chi connectivity index (χ3n) is 5.75. The highest BCUT2D eigenvalue weighted by Gasteiger charge is 2.58. The molecular formula is C20H28O7. The van der Waals surface area contributed by atoms with Gasteiger partial charge in [0.2, 0.25) is 5.79 Å². The Labute approximate surface area is 159 Å². The van der Waals surface area contributed by atoms with E-state index >= 15 is 0 Å². The molecule has 6 atom stereocenters. The summed E-state index contributed by atoms with van der Waals surface area (Å²) >= 11 is 0. The van der Waals surface area contributed by atoms with Crippen LogP contribution in [-0.4, -0.2) is 53.9 Å². The van der Waals surface area contributed by atoms with Crippen molar-refractivity contribution in [1.29, 1.82) is 0 Å². The highest BCUT2D eigenvalue weighted by molar-refractivity contribution is 5.91. The minimum atomic E-state index is -1.64. The molecule has 7 heteroatoms. The van der Waals surface area contributed by atoms with Gasteiger partial charge in [-0.3, -0.25) is 4.79 Å². The number of ether oxygens (including phenoxy) is 4. The summed E-state index contributed by atoms with van der Waals surface area (Å²) in [6.07, 6.45) is 0.404. The maximum absolute atomic E-state index is 12.3. The van der Waals surface area contributed by atoms with Crippen LogP contribution in [0.5, 0.6) is 0 Å². The molecule has 0 amide bonds. The van der Waals surface area contributed by atoms with E-state index in [1.807, 2.05) is 6.92 Å². The molecule has 1 N–H and O–H groups in total. The van der Waals surface area contributed by atoms with E-state index in [2.05, 4.69) is 6.58 Å². The molecule has 0 saturated carbocycles. The summed E-state index contributed by atoms with van der Waals surface area (Å²) in [5.41, 5.74) is -0.0542. The number of esters is 2. The van der Waals surface area contributed by atoms with E-state index in [1.165, 1.54) is 7.11 Å². The second-order valence-corrected chi connectivity index (χ2v) is 8.28. The van der Waals surface area contributed by atoms with Gasteiger partial charge in [-0.25, -0.2) is 4.79 Å². The van der Waals surface area contributed by atoms with Gasteiger partial charge in [0, 0.05) is 25.5 Å². The lowest BCUT2D eigenvalue weighted by Crippen LogP contribution is -2.42. The summed E-state index contributed by atoms with van der Waals surface area (Å²) in [5.74, 6) is -3.37. The number of fused-ring (bicyclic) bond motifs is 3. The van der Waals surface area contributed by atoms with E-state index < -0.39 is 41.6 Å². The summed E-state index contributed by atoms with van der Waals surface area (Å²) < 4.78 is 22.8. The molecule has 7 nitrogen and oxygen atoms in total. The molecule has 0 radical (unpaired) electrons. The first kappa shape index (κ1) is 20.0. The SMILES string of the molecule is C=C1C(=O)O[C@@H]2/C=C(/C)[C@]3(O)O[C@](C)(C[C@@H]3OC)C[C@@H](OC(=O)C(C)C)[C@@H]12. The largest absolute Gasteiger partial charge is 0.461 e. The maximum Gasteiger partial charge on any atom is 0.334 e. The van der Waals surface area contributed by atoms with Crippen molar-refractivity contribution in [1.82, 2.24) is 0 Å². The smallest absolute Gasteiger partial charge is 0.334 e. The van der Waals surface area contributed by atoms with Gasteiger partial charge >= 0.3 is 11.9 Å². The van der Waals surface area contributed by atoms with Crippen LogP contribution in [0.4, 0.5) is 0 Å². The van der Waals surface area contributed by atoms with Crippen molar-refractivity contribution >= 4 is 11.9 Å². The Morgan fingerprint density at radius 1 is 1.41 bits per heavy atom. The number of methoxy groups -OCH3 is 1. The Balaban J connectivity index is 2.07. The number of aliphatic hydroxyl groups is 1. The summed E-state index contributed by atoms with van der Waals surface area (Å²) in [6, 6.07) is 0. The molecule has 0 spiro atoms. The fourth-order valence-electron chi connectivity index (χ4n) is 4.22. The average Bonchev–Trinajstić information content (AvgIpc) is 3.00. The van der Waals surface area contributed by atoms with Gasteiger partial charge < -0.3 is 24.1 Å². The van der Waals surface area contributed by atoms with Gasteiger partial charge in [0.1, 0.15) is 18.3 Å². The first-order chi connectivity index (χ1) is 12.5. The molecule has 0 aromatic carbocycles. The van der Waals surface area contributed by atoms with Gasteiger partial charge in [-0.1, -0.05) is 20.4 Å². The fourth-order valence-corrected chi connectivity index (χ4v) is 4.22. The van der Waals surface area contributed by atoms with Gasteiger partial charge in [0.05, 0.1) is 17.4 Å². The Morgan fingerprint density at radius 3 is 2.67 bits per heavy atom. The van der Waals surface area contributed by atoms with Crippen molar-refractivity contribution in [3.05, 3.63) is 23.8 Å². The van der Waals surface area contributed by atoms with Gasteiger partial charge in [-0.2, -0.15) is 0 Å². The molecule has 150 valence electrons. The third kappa shape index (κ3) is 3.32. The van der Waals surface area contributed by atoms with Crippen LogP contribution < -0.4 is 0 Å². The van der Waals surface area contributed by atoms with Crippen molar-refractivity contribution in [2.75, 3.05) is 7.11 Å². The number of rotatable bonds is 3. The predicted molar refractivity (Wildman–Crippen MR) is 95.5 cm³/mol. The molecule has 3 rings (SSSR count). The van der Waals surface area contributed by atoms with Crippen molar-refractivity contribution in [2.24, 2.45) is 11.8 Å². The normalized spacial score (nSPS) is 43.3. The highest BCUT2D eigenvalue weighted by Crippen LogP contribution is 2.48. The Hall–Kier alpha value is -1.70. The second kappa shape index (κ2) is 6.72. The van der Waals surface area contributed by atoms with Crippen molar-refractivity contribution in [3.63, 3.8) is 0 Å². The number of carbonyl (C=O) groups is 2. The zero-order valence-electron chi connectivity index (χ0n) is 16.5. The average molecular weight is 380 g/mol. The fraction of sp³-hybridized carbons (Fsp3) is 0.700. The molecule has 0 unspecified atom stereocenters. The topological polar surface area (TPSA) is 91.3 Å². The molecule has 0 aliphatic carbocycles. The van der Waals surface area contributed by atoms with E-state index in [1.54, 1.807) is 26.8 Å². The summed E-state index contributed by atoms with van der Waals surface area (Å²) in [4.78, 5) is 24.5. The summed E-state index contributed by atoms with van der Waals surface area (Å²) in [6.45, 7) is 10.9. The van der Waals surface area contributed by atoms with Gasteiger partial charge in [-0.15, -0.1) is 0 Å². The maximum atomic E-state index is 12.3. The quantitative estimate of drug-likeness (QED) is 0.454. The Bertz CT molecular complexity index is 696. The van der Waals surface area contributed by atoms with Gasteiger partial charge in [0.15, 0.2) is 0 Å². The molecule has 2 saturated heterocycles. The second-order valence-electron chi connectivity index (χ2n) is 8.28. The third-order valence-corrected chi connectivity index (χ3v) is 5.75. The molecule has 0 aromatic rings. The lowest BCUT2D eigenvalue weighted by molar-refractivity contribution is -0.229. The van der Waals surface area contributed by atoms with Crippen LogP contribution in [0.2, 0.25) is 0 Å². The lowest BCUT2D eigenvalue weighted by atomic mass is 9.81. The molecule has 3 heterocycles. The molecule has 2 bridgehead atoms. The summed E-state index contributed by atoms with van der Waals surface area (Å²) in [7, 11) is 1.51. The Kier molecular flexibility index (Phi) is 4.99. The molecule has 3 aliphatic heterocycles. The summed E-state index contributed by atoms with van der Waals surface area (Å²) in [5, 5.41) is 11.2. The van der Waals surface area contributed by atoms with E-state index in [4.69, 9.17) is 18.9 Å². The first-order valence-corrected chi connectivity index (χ1v) is 9.25. The van der Waals surface area contributed by atoms with E-state index in [-0.39, 0.29) is 23.9 Å². The van der Waals surface area contributed by atoms with Gasteiger partial charge in [0.25, 0.3) is 0 Å². The minimum Gasteiger partial charge on any atom is -0.461 e. The van der Waals surface area contributed by atoms with Crippen LogP contribution in [0, 0.1) is 11.8 Å². The number of hydrogen-bond acceptors (Lipinski definition) is 7. The van der Waals surface area contributed by atoms with E-state index in [0.717, 1.165) is 0 Å². The first-order valence-electron chi connectivity index (χ1n) is 9.25. The van der Waals surface area contributed by atoms with Crippen molar-refractivity contribution in [2.45, 2.75) is 70.2 Å². The highest BCUT2D eigenvalue weighted by atomic mass is 16.7. The molecule has 2 fully saturated rings. The van der Waals surface area contributed by atoms with E-state index in [9.17, 15) is 14.7 Å². The molecule has 3 aliphatic rings. The van der Waals surface area contributed by atoms with Crippen LogP contribution in [0.25, 0.3) is 0 Å². The Morgan fingerprint density at radius 2 is 2.07 bits per heavy atom. The predicted octanol–water partition coefficient (Wildman–Crippen LogP) is 1.88. The standard InChI is InChI=1S/C20H28O7/c1-10(2)17(21)26-14-8-19(5)9-15(24-6)20(23,27-19)11(3)7-13-16(14)12(4)18(22)25-13/h7,10,13-16,23H,4,8-9H2,1-3,5-6H3/b11-7-/t13-,14-,15+,16+,19+,20+/m1/s1. The number of hydrogen-bond donors (Lipinski definition) is 1. The monoisotopic (exact) mass is 380 g/mol. The van der Waals surface area contributed by atoms with Crippen molar-refractivity contribution in [3.8, 4) is 0 Å². The lowest BCUT2D eigenvalue weighted by Gasteiger charge is -2.33. The van der Waals surface area contributed by atoms with Crippen LogP contribution in [-0.2, 0) is 28.5 Å². The van der Waals surface area contributed by atoms with Crippen LogP contribution in [0.3, 0.4) is 0 Å². The minimum absolute atomic E-state index is 0.266. The molecular weight excluding hydrogens is 352 g/mol.